The van der Waals surface area contributed by atoms with Crippen molar-refractivity contribution in [3.05, 3.63) is 124 Å². The Balaban J connectivity index is 1.38. The number of carbonyl (C=O) groups is 1. The number of pyridine rings is 1. The number of fused-ring (bicyclic) bond motifs is 1. The molecule has 7 heteroatoms. The van der Waals surface area contributed by atoms with Crippen LogP contribution in [0.15, 0.2) is 84.9 Å². The van der Waals surface area contributed by atoms with Crippen LogP contribution in [0.3, 0.4) is 0 Å². The molecule has 4 aromatic rings. The van der Waals surface area contributed by atoms with E-state index in [9.17, 15) is 14.4 Å². The van der Waals surface area contributed by atoms with Gasteiger partial charge in [0.1, 0.15) is 23.3 Å². The van der Waals surface area contributed by atoms with E-state index in [1.54, 1.807) is 30.3 Å². The molecule has 1 saturated carbocycles. The van der Waals surface area contributed by atoms with Gasteiger partial charge in [0.25, 0.3) is 5.91 Å². The lowest BCUT2D eigenvalue weighted by Gasteiger charge is -2.26. The van der Waals surface area contributed by atoms with Gasteiger partial charge in [0.2, 0.25) is 0 Å². The minimum atomic E-state index is -0.305. The predicted molar refractivity (Wildman–Crippen MR) is 148 cm³/mol. The predicted octanol–water partition coefficient (Wildman–Crippen LogP) is 5.95. The fourth-order valence-corrected chi connectivity index (χ4v) is 6.34. The summed E-state index contributed by atoms with van der Waals surface area (Å²) in [5.74, 6) is -0.0179. The number of rotatable bonds is 6. The monoisotopic (exact) mass is 515 g/mol. The number of nitrogens with zero attached hydrogens (tertiary/aromatic N) is 3. The topological polar surface area (TPSA) is 92.9 Å². The quantitative estimate of drug-likeness (QED) is 0.311. The second kappa shape index (κ2) is 9.48. The van der Waals surface area contributed by atoms with E-state index in [0.29, 0.717) is 13.1 Å². The number of aryl methyl sites for hydroxylation is 1. The van der Waals surface area contributed by atoms with E-state index in [0.717, 1.165) is 28.1 Å². The molecule has 1 amide bonds. The van der Waals surface area contributed by atoms with E-state index in [2.05, 4.69) is 35.4 Å². The van der Waals surface area contributed by atoms with E-state index in [1.165, 1.54) is 23.9 Å². The van der Waals surface area contributed by atoms with Crippen LogP contribution in [0.4, 0.5) is 15.8 Å². The molecule has 1 saturated heterocycles. The molecule has 3 unspecified atom stereocenters. The smallest absolute Gasteiger partial charge is 0.272 e. The maximum Gasteiger partial charge on any atom is 0.272 e. The zero-order chi connectivity index (χ0) is 27.1. The highest BCUT2D eigenvalue weighted by Crippen LogP contribution is 2.69. The van der Waals surface area contributed by atoms with Gasteiger partial charge in [0.15, 0.2) is 0 Å². The van der Waals surface area contributed by atoms with Gasteiger partial charge in [-0.1, -0.05) is 36.4 Å². The van der Waals surface area contributed by atoms with Crippen LogP contribution in [-0.2, 0) is 5.41 Å². The first-order valence-corrected chi connectivity index (χ1v) is 12.8. The summed E-state index contributed by atoms with van der Waals surface area (Å²) in [6, 6.07) is 27.6. The highest BCUT2D eigenvalue weighted by atomic mass is 19.1. The summed E-state index contributed by atoms with van der Waals surface area (Å²) in [7, 11) is 0. The molecule has 39 heavy (non-hydrogen) atoms. The summed E-state index contributed by atoms with van der Waals surface area (Å²) in [6.07, 6.45) is 1.33. The molecule has 1 aromatic heterocycles. The van der Waals surface area contributed by atoms with E-state index in [4.69, 9.17) is 5.41 Å². The van der Waals surface area contributed by atoms with Crippen LogP contribution in [0.25, 0.3) is 0 Å². The third-order valence-electron chi connectivity index (χ3n) is 8.08. The van der Waals surface area contributed by atoms with Gasteiger partial charge in [-0.25, -0.2) is 9.37 Å². The Morgan fingerprint density at radius 2 is 1.90 bits per heavy atom. The Kier molecular flexibility index (Phi) is 5.96. The summed E-state index contributed by atoms with van der Waals surface area (Å²) < 4.78 is 13.4. The molecular formula is C32H26FN5O. The highest BCUT2D eigenvalue weighted by molar-refractivity contribution is 5.93. The van der Waals surface area contributed by atoms with Crippen molar-refractivity contribution in [3.63, 3.8) is 0 Å². The maximum absolute atomic E-state index is 13.5. The number of nitrogens with one attached hydrogen (secondary N) is 2. The Morgan fingerprint density at radius 3 is 2.62 bits per heavy atom. The third-order valence-corrected chi connectivity index (χ3v) is 8.08. The zero-order valence-corrected chi connectivity index (χ0v) is 21.4. The van der Waals surface area contributed by atoms with Crippen LogP contribution in [0.1, 0.15) is 44.4 Å². The molecule has 0 bridgehead atoms. The van der Waals surface area contributed by atoms with Gasteiger partial charge in [0, 0.05) is 47.6 Å². The molecule has 2 fully saturated rings. The fraction of sp³-hybridized carbons (Fsp3) is 0.188. The minimum Gasteiger partial charge on any atom is -0.355 e. The van der Waals surface area contributed by atoms with E-state index < -0.39 is 0 Å². The van der Waals surface area contributed by atoms with Gasteiger partial charge in [-0.3, -0.25) is 4.79 Å². The maximum atomic E-state index is 13.5. The molecule has 6 rings (SSSR count). The first-order valence-electron chi connectivity index (χ1n) is 12.8. The summed E-state index contributed by atoms with van der Waals surface area (Å²) >= 11 is 0. The number of anilines is 2. The number of nitriles is 1. The number of amides is 1. The molecule has 0 radical (unpaired) electrons. The van der Waals surface area contributed by atoms with E-state index in [-0.39, 0.29) is 40.4 Å². The van der Waals surface area contributed by atoms with Gasteiger partial charge in [-0.15, -0.1) is 0 Å². The highest BCUT2D eigenvalue weighted by Gasteiger charge is 2.71. The van der Waals surface area contributed by atoms with Crippen LogP contribution in [0, 0.1) is 35.4 Å². The van der Waals surface area contributed by atoms with E-state index in [1.807, 2.05) is 35.2 Å². The molecular weight excluding hydrogens is 489 g/mol. The van der Waals surface area contributed by atoms with Crippen molar-refractivity contribution in [2.24, 2.45) is 5.92 Å². The van der Waals surface area contributed by atoms with Crippen molar-refractivity contribution < 1.29 is 9.18 Å². The lowest BCUT2D eigenvalue weighted by atomic mass is 9.85. The Bertz CT molecular complexity index is 1630. The molecule has 192 valence electrons. The van der Waals surface area contributed by atoms with Crippen LogP contribution in [0.2, 0.25) is 0 Å². The zero-order valence-electron chi connectivity index (χ0n) is 21.4. The van der Waals surface area contributed by atoms with Crippen molar-refractivity contribution in [3.8, 4) is 6.07 Å². The molecule has 2 heterocycles. The molecule has 6 nitrogen and oxygen atoms in total. The molecule has 1 aliphatic carbocycles. The summed E-state index contributed by atoms with van der Waals surface area (Å²) in [4.78, 5) is 19.6. The third kappa shape index (κ3) is 4.15. The van der Waals surface area contributed by atoms with Gasteiger partial charge >= 0.3 is 0 Å². The second-order valence-corrected chi connectivity index (χ2v) is 10.3. The largest absolute Gasteiger partial charge is 0.355 e. The SMILES string of the molecule is Cc1cc(Nc2ccc(F)cc2)c(C=N)cc1C12CN(C(=O)c3cccc(C#N)n3)CC1C2c1ccccc1. The number of aromatic nitrogens is 1. The van der Waals surface area contributed by atoms with Crippen molar-refractivity contribution in [2.45, 2.75) is 18.3 Å². The molecule has 2 N–H and O–H groups in total. The molecule has 3 atom stereocenters. The van der Waals surface area contributed by atoms with Gasteiger partial charge in [-0.05, 0) is 78.1 Å². The fourth-order valence-electron chi connectivity index (χ4n) is 6.34. The molecule has 2 aliphatic rings. The minimum absolute atomic E-state index is 0.176. The van der Waals surface area contributed by atoms with Gasteiger partial charge in [-0.2, -0.15) is 5.26 Å². The van der Waals surface area contributed by atoms with Crippen LogP contribution in [-0.4, -0.2) is 35.1 Å². The van der Waals surface area contributed by atoms with E-state index >= 15 is 0 Å². The van der Waals surface area contributed by atoms with Crippen molar-refractivity contribution >= 4 is 23.5 Å². The lowest BCUT2D eigenvalue weighted by molar-refractivity contribution is 0.0763. The number of benzene rings is 3. The number of likely N-dealkylation sites (tertiary alicyclic amines) is 1. The summed E-state index contributed by atoms with van der Waals surface area (Å²) in [6.45, 7) is 3.18. The van der Waals surface area contributed by atoms with Crippen LogP contribution in [0.5, 0.6) is 0 Å². The van der Waals surface area contributed by atoms with Crippen molar-refractivity contribution in [1.82, 2.24) is 9.88 Å². The number of carbonyl (C=O) groups excluding carboxylic acids is 1. The number of piperidine rings is 1. The Morgan fingerprint density at radius 1 is 1.13 bits per heavy atom. The number of halogens is 1. The molecule has 1 aliphatic heterocycles. The first-order chi connectivity index (χ1) is 18.9. The number of hydrogen-bond donors (Lipinski definition) is 2. The van der Waals surface area contributed by atoms with Gasteiger partial charge < -0.3 is 15.6 Å². The van der Waals surface area contributed by atoms with Crippen molar-refractivity contribution in [2.75, 3.05) is 18.4 Å². The normalized spacial score (nSPS) is 21.1. The standard InChI is InChI=1S/C32H26FN5O/c1-20-14-29(36-24-12-10-23(33)11-13-24)22(16-34)15-26(20)32-19-38(31(39)28-9-5-8-25(17-35)37-28)18-27(32)30(32)21-6-3-2-4-7-21/h2-16,27,30,34,36H,18-19H2,1H3. The van der Waals surface area contributed by atoms with Gasteiger partial charge in [0.05, 0.1) is 0 Å². The average Bonchev–Trinajstić information content (AvgIpc) is 3.42. The van der Waals surface area contributed by atoms with Crippen LogP contribution < -0.4 is 5.32 Å². The molecule has 3 aromatic carbocycles. The first kappa shape index (κ1) is 24.5. The lowest BCUT2D eigenvalue weighted by Crippen LogP contribution is -2.35. The number of hydrogen-bond acceptors (Lipinski definition) is 5. The molecule has 0 spiro atoms. The Labute approximate surface area is 226 Å². The Hall–Kier alpha value is -4.83. The summed E-state index contributed by atoms with van der Waals surface area (Å²) in [5, 5.41) is 20.7. The average molecular weight is 516 g/mol. The summed E-state index contributed by atoms with van der Waals surface area (Å²) in [5.41, 5.74) is 5.86. The second-order valence-electron chi connectivity index (χ2n) is 10.3. The van der Waals surface area contributed by atoms with Crippen LogP contribution >= 0.6 is 0 Å². The van der Waals surface area contributed by atoms with Crippen molar-refractivity contribution in [1.29, 1.82) is 10.7 Å².